The van der Waals surface area contributed by atoms with E-state index >= 15 is 0 Å². The SMILES string of the molecule is COc1ccc(NC(=O)CC(=O)N2CCN(C)CC2)cc1Cl. The molecule has 1 saturated heterocycles. The maximum absolute atomic E-state index is 12.1. The standard InChI is InChI=1S/C15H20ClN3O3/c1-18-5-7-19(8-6-18)15(21)10-14(20)17-11-3-4-13(22-2)12(16)9-11/h3-4,9H,5-8,10H2,1-2H3,(H,17,20). The lowest BCUT2D eigenvalue weighted by Crippen LogP contribution is -2.47. The van der Waals surface area contributed by atoms with E-state index in [1.807, 2.05) is 7.05 Å². The van der Waals surface area contributed by atoms with Crippen molar-refractivity contribution in [2.24, 2.45) is 0 Å². The monoisotopic (exact) mass is 325 g/mol. The molecule has 1 fully saturated rings. The maximum atomic E-state index is 12.1. The fourth-order valence-electron chi connectivity index (χ4n) is 2.25. The van der Waals surface area contributed by atoms with Gasteiger partial charge in [0.15, 0.2) is 0 Å². The second kappa shape index (κ2) is 7.47. The van der Waals surface area contributed by atoms with Crippen LogP contribution in [0.15, 0.2) is 18.2 Å². The van der Waals surface area contributed by atoms with Crippen LogP contribution in [0.4, 0.5) is 5.69 Å². The van der Waals surface area contributed by atoms with Gasteiger partial charge in [0, 0.05) is 31.9 Å². The van der Waals surface area contributed by atoms with Crippen molar-refractivity contribution in [3.05, 3.63) is 23.2 Å². The number of likely N-dealkylation sites (N-methyl/N-ethyl adjacent to an activating group) is 1. The molecular formula is C15H20ClN3O3. The molecule has 22 heavy (non-hydrogen) atoms. The van der Waals surface area contributed by atoms with Gasteiger partial charge in [-0.1, -0.05) is 11.6 Å². The molecule has 1 N–H and O–H groups in total. The number of rotatable bonds is 4. The lowest BCUT2D eigenvalue weighted by Gasteiger charge is -2.32. The minimum Gasteiger partial charge on any atom is -0.495 e. The zero-order valence-electron chi connectivity index (χ0n) is 12.8. The summed E-state index contributed by atoms with van der Waals surface area (Å²) in [4.78, 5) is 27.9. The molecule has 1 aromatic carbocycles. The van der Waals surface area contributed by atoms with Crippen molar-refractivity contribution in [2.75, 3.05) is 45.7 Å². The summed E-state index contributed by atoms with van der Waals surface area (Å²) < 4.78 is 5.05. The van der Waals surface area contributed by atoms with Gasteiger partial charge < -0.3 is 19.9 Å². The average Bonchev–Trinajstić information content (AvgIpc) is 2.48. The van der Waals surface area contributed by atoms with Crippen molar-refractivity contribution in [1.82, 2.24) is 9.80 Å². The molecule has 0 atom stereocenters. The van der Waals surface area contributed by atoms with E-state index in [1.54, 1.807) is 23.1 Å². The molecule has 0 radical (unpaired) electrons. The Bertz CT molecular complexity index is 557. The van der Waals surface area contributed by atoms with Crippen molar-refractivity contribution in [1.29, 1.82) is 0 Å². The Morgan fingerprint density at radius 1 is 1.27 bits per heavy atom. The van der Waals surface area contributed by atoms with Crippen molar-refractivity contribution in [2.45, 2.75) is 6.42 Å². The predicted molar refractivity (Wildman–Crippen MR) is 85.3 cm³/mol. The van der Waals surface area contributed by atoms with Gasteiger partial charge in [-0.15, -0.1) is 0 Å². The van der Waals surface area contributed by atoms with Crippen LogP contribution >= 0.6 is 11.6 Å². The van der Waals surface area contributed by atoms with E-state index in [2.05, 4.69) is 10.2 Å². The lowest BCUT2D eigenvalue weighted by atomic mass is 10.2. The van der Waals surface area contributed by atoms with E-state index in [-0.39, 0.29) is 18.2 Å². The van der Waals surface area contributed by atoms with Crippen molar-refractivity contribution in [3.8, 4) is 5.75 Å². The molecular weight excluding hydrogens is 306 g/mol. The van der Waals surface area contributed by atoms with Crippen molar-refractivity contribution < 1.29 is 14.3 Å². The molecule has 2 rings (SSSR count). The number of halogens is 1. The van der Waals surface area contributed by atoms with Crippen LogP contribution in [0, 0.1) is 0 Å². The van der Waals surface area contributed by atoms with E-state index in [0.29, 0.717) is 29.5 Å². The first-order valence-corrected chi connectivity index (χ1v) is 7.47. The average molecular weight is 326 g/mol. The van der Waals surface area contributed by atoms with Gasteiger partial charge in [-0.2, -0.15) is 0 Å². The highest BCUT2D eigenvalue weighted by Crippen LogP contribution is 2.27. The number of methoxy groups -OCH3 is 1. The van der Waals surface area contributed by atoms with E-state index in [0.717, 1.165) is 13.1 Å². The van der Waals surface area contributed by atoms with Crippen LogP contribution < -0.4 is 10.1 Å². The number of hydrogen-bond acceptors (Lipinski definition) is 4. The molecule has 1 aliphatic rings. The highest BCUT2D eigenvalue weighted by atomic mass is 35.5. The fraction of sp³-hybridized carbons (Fsp3) is 0.467. The summed E-state index contributed by atoms with van der Waals surface area (Å²) in [5.74, 6) is 0.0450. The Morgan fingerprint density at radius 3 is 2.55 bits per heavy atom. The summed E-state index contributed by atoms with van der Waals surface area (Å²) in [6, 6.07) is 4.95. The second-order valence-electron chi connectivity index (χ2n) is 5.26. The maximum Gasteiger partial charge on any atom is 0.233 e. The third kappa shape index (κ3) is 4.35. The Balaban J connectivity index is 1.87. The fourth-order valence-corrected chi connectivity index (χ4v) is 2.51. The minimum absolute atomic E-state index is 0.148. The summed E-state index contributed by atoms with van der Waals surface area (Å²) in [7, 11) is 3.54. The molecule has 6 nitrogen and oxygen atoms in total. The predicted octanol–water partition coefficient (Wildman–Crippen LogP) is 1.45. The summed E-state index contributed by atoms with van der Waals surface area (Å²) in [5, 5.41) is 3.08. The first-order chi connectivity index (χ1) is 10.5. The van der Waals surface area contributed by atoms with E-state index in [1.165, 1.54) is 7.11 Å². The number of benzene rings is 1. The van der Waals surface area contributed by atoms with Crippen LogP contribution in [0.3, 0.4) is 0 Å². The summed E-state index contributed by atoms with van der Waals surface area (Å²) in [6.07, 6.45) is -0.159. The Morgan fingerprint density at radius 2 is 1.95 bits per heavy atom. The second-order valence-corrected chi connectivity index (χ2v) is 5.67. The van der Waals surface area contributed by atoms with Gasteiger partial charge in [-0.25, -0.2) is 0 Å². The number of nitrogens with zero attached hydrogens (tertiary/aromatic N) is 2. The molecule has 0 aromatic heterocycles. The number of hydrogen-bond donors (Lipinski definition) is 1. The van der Waals surface area contributed by atoms with Gasteiger partial charge in [0.1, 0.15) is 12.2 Å². The molecule has 7 heteroatoms. The van der Waals surface area contributed by atoms with E-state index < -0.39 is 0 Å². The number of ether oxygens (including phenoxy) is 1. The molecule has 0 saturated carbocycles. The minimum atomic E-state index is -0.342. The van der Waals surface area contributed by atoms with Gasteiger partial charge in [0.2, 0.25) is 11.8 Å². The third-order valence-corrected chi connectivity index (χ3v) is 3.90. The van der Waals surface area contributed by atoms with Gasteiger partial charge in [0.05, 0.1) is 12.1 Å². The third-order valence-electron chi connectivity index (χ3n) is 3.60. The lowest BCUT2D eigenvalue weighted by molar-refractivity contribution is -0.135. The number of nitrogens with one attached hydrogen (secondary N) is 1. The number of amides is 2. The molecule has 2 amide bonds. The summed E-state index contributed by atoms with van der Waals surface area (Å²) in [6.45, 7) is 3.00. The van der Waals surface area contributed by atoms with Crippen LogP contribution in [0.2, 0.25) is 5.02 Å². The molecule has 1 aliphatic heterocycles. The largest absolute Gasteiger partial charge is 0.495 e. The van der Waals surface area contributed by atoms with E-state index in [9.17, 15) is 9.59 Å². The smallest absolute Gasteiger partial charge is 0.233 e. The Kier molecular flexibility index (Phi) is 5.63. The van der Waals surface area contributed by atoms with E-state index in [4.69, 9.17) is 16.3 Å². The molecule has 0 bridgehead atoms. The zero-order valence-corrected chi connectivity index (χ0v) is 13.5. The van der Waals surface area contributed by atoms with Crippen LogP contribution in [0.5, 0.6) is 5.75 Å². The van der Waals surface area contributed by atoms with Gasteiger partial charge in [0.25, 0.3) is 0 Å². The van der Waals surface area contributed by atoms with Crippen molar-refractivity contribution >= 4 is 29.1 Å². The summed E-state index contributed by atoms with van der Waals surface area (Å²) in [5.41, 5.74) is 0.543. The molecule has 0 unspecified atom stereocenters. The van der Waals surface area contributed by atoms with Crippen LogP contribution in [0.25, 0.3) is 0 Å². The molecule has 0 aliphatic carbocycles. The van der Waals surface area contributed by atoms with Gasteiger partial charge in [-0.3, -0.25) is 9.59 Å². The Hall–Kier alpha value is -1.79. The first-order valence-electron chi connectivity index (χ1n) is 7.09. The quantitative estimate of drug-likeness (QED) is 0.851. The van der Waals surface area contributed by atoms with Gasteiger partial charge in [-0.05, 0) is 25.2 Å². The summed E-state index contributed by atoms with van der Waals surface area (Å²) >= 11 is 6.00. The highest BCUT2D eigenvalue weighted by molar-refractivity contribution is 6.32. The molecule has 0 spiro atoms. The first kappa shape index (κ1) is 16.6. The number of piperazine rings is 1. The topological polar surface area (TPSA) is 61.9 Å². The van der Waals surface area contributed by atoms with Crippen LogP contribution in [-0.4, -0.2) is 62.0 Å². The van der Waals surface area contributed by atoms with Crippen LogP contribution in [0.1, 0.15) is 6.42 Å². The molecule has 1 aromatic rings. The Labute approximate surface area is 135 Å². The molecule has 1 heterocycles. The molecule has 120 valence electrons. The number of carbonyl (C=O) groups is 2. The number of anilines is 1. The van der Waals surface area contributed by atoms with Crippen molar-refractivity contribution in [3.63, 3.8) is 0 Å². The van der Waals surface area contributed by atoms with Gasteiger partial charge >= 0.3 is 0 Å². The highest BCUT2D eigenvalue weighted by Gasteiger charge is 2.21. The number of carbonyl (C=O) groups excluding carboxylic acids is 2. The normalized spacial score (nSPS) is 15.5. The zero-order chi connectivity index (χ0) is 16.1. The van der Waals surface area contributed by atoms with Crippen LogP contribution in [-0.2, 0) is 9.59 Å².